The van der Waals surface area contributed by atoms with E-state index in [2.05, 4.69) is 10.6 Å². The van der Waals surface area contributed by atoms with Gasteiger partial charge in [-0.1, -0.05) is 41.9 Å². The van der Waals surface area contributed by atoms with Gasteiger partial charge >= 0.3 is 6.03 Å². The fourth-order valence-electron chi connectivity index (χ4n) is 2.06. The lowest BCUT2D eigenvalue weighted by Gasteiger charge is -2.13. The summed E-state index contributed by atoms with van der Waals surface area (Å²) in [5, 5.41) is 6.17. The zero-order valence-corrected chi connectivity index (χ0v) is 13.4. The van der Waals surface area contributed by atoms with E-state index in [1.54, 1.807) is 12.1 Å². The highest BCUT2D eigenvalue weighted by Gasteiger charge is 2.06. The predicted octanol–water partition coefficient (Wildman–Crippen LogP) is 4.16. The maximum Gasteiger partial charge on any atom is 0.319 e. The van der Waals surface area contributed by atoms with Gasteiger partial charge in [0, 0.05) is 5.69 Å². The van der Waals surface area contributed by atoms with Crippen molar-refractivity contribution in [3.05, 3.63) is 58.6 Å². The molecule has 2 aromatic carbocycles. The number of para-hydroxylation sites is 2. The summed E-state index contributed by atoms with van der Waals surface area (Å²) >= 11 is 5.98. The van der Waals surface area contributed by atoms with E-state index in [1.165, 1.54) is 0 Å². The van der Waals surface area contributed by atoms with Crippen LogP contribution < -0.4 is 15.4 Å². The van der Waals surface area contributed by atoms with Crippen LogP contribution in [0.1, 0.15) is 11.1 Å². The molecule has 2 amide bonds. The van der Waals surface area contributed by atoms with Crippen molar-refractivity contribution in [2.75, 3.05) is 18.5 Å². The number of hydrogen-bond donors (Lipinski definition) is 2. The van der Waals surface area contributed by atoms with Crippen molar-refractivity contribution < 1.29 is 9.53 Å². The first-order valence-electron chi connectivity index (χ1n) is 7.06. The number of nitrogens with one attached hydrogen (secondary N) is 2. The third-order valence-corrected chi connectivity index (χ3v) is 3.51. The molecule has 0 bridgehead atoms. The molecule has 0 aromatic heterocycles. The molecule has 0 spiro atoms. The van der Waals surface area contributed by atoms with Gasteiger partial charge in [-0.2, -0.15) is 0 Å². The van der Waals surface area contributed by atoms with Gasteiger partial charge < -0.3 is 15.4 Å². The van der Waals surface area contributed by atoms with Crippen molar-refractivity contribution in [3.8, 4) is 5.75 Å². The Bertz CT molecular complexity index is 639. The van der Waals surface area contributed by atoms with Crippen LogP contribution in [0.4, 0.5) is 10.5 Å². The summed E-state index contributed by atoms with van der Waals surface area (Å²) in [6.07, 6.45) is 0. The molecule has 4 nitrogen and oxygen atoms in total. The van der Waals surface area contributed by atoms with E-state index >= 15 is 0 Å². The lowest BCUT2D eigenvalue weighted by Crippen LogP contribution is -2.32. The Morgan fingerprint density at radius 3 is 2.45 bits per heavy atom. The summed E-state index contributed by atoms with van der Waals surface area (Å²) in [5.41, 5.74) is 2.90. The van der Waals surface area contributed by atoms with Gasteiger partial charge in [-0.25, -0.2) is 4.79 Å². The second-order valence-corrected chi connectivity index (χ2v) is 5.33. The number of urea groups is 1. The number of amides is 2. The summed E-state index contributed by atoms with van der Waals surface area (Å²) in [7, 11) is 0. The first kappa shape index (κ1) is 16.2. The highest BCUT2D eigenvalue weighted by molar-refractivity contribution is 6.32. The lowest BCUT2D eigenvalue weighted by atomic mass is 10.1. The van der Waals surface area contributed by atoms with Gasteiger partial charge in [-0.15, -0.1) is 0 Å². The van der Waals surface area contributed by atoms with Crippen molar-refractivity contribution >= 4 is 23.3 Å². The van der Waals surface area contributed by atoms with E-state index in [1.807, 2.05) is 44.2 Å². The predicted molar refractivity (Wildman–Crippen MR) is 89.9 cm³/mol. The van der Waals surface area contributed by atoms with Crippen LogP contribution in [0, 0.1) is 13.8 Å². The first-order chi connectivity index (χ1) is 10.6. The van der Waals surface area contributed by atoms with Crippen molar-refractivity contribution in [1.82, 2.24) is 5.32 Å². The van der Waals surface area contributed by atoms with Gasteiger partial charge in [0.1, 0.15) is 12.4 Å². The van der Waals surface area contributed by atoms with E-state index in [4.69, 9.17) is 16.3 Å². The van der Waals surface area contributed by atoms with E-state index in [0.29, 0.717) is 23.9 Å². The van der Waals surface area contributed by atoms with Crippen LogP contribution in [0.3, 0.4) is 0 Å². The van der Waals surface area contributed by atoms with Gasteiger partial charge in [0.05, 0.1) is 11.6 Å². The van der Waals surface area contributed by atoms with Gasteiger partial charge in [0.25, 0.3) is 0 Å². The van der Waals surface area contributed by atoms with Gasteiger partial charge in [-0.3, -0.25) is 0 Å². The van der Waals surface area contributed by atoms with Crippen LogP contribution in [-0.4, -0.2) is 19.2 Å². The maximum atomic E-state index is 11.9. The number of carbonyl (C=O) groups excluding carboxylic acids is 1. The Kier molecular flexibility index (Phi) is 5.67. The van der Waals surface area contributed by atoms with Crippen molar-refractivity contribution in [2.45, 2.75) is 13.8 Å². The summed E-state index contributed by atoms with van der Waals surface area (Å²) in [6, 6.07) is 12.9. The molecular formula is C17H19ClN2O2. The Morgan fingerprint density at radius 2 is 1.77 bits per heavy atom. The SMILES string of the molecule is Cc1cccc(C)c1NC(=O)NCCOc1ccccc1Cl. The molecule has 0 saturated heterocycles. The summed E-state index contributed by atoms with van der Waals surface area (Å²) < 4.78 is 5.51. The summed E-state index contributed by atoms with van der Waals surface area (Å²) in [4.78, 5) is 11.9. The highest BCUT2D eigenvalue weighted by Crippen LogP contribution is 2.22. The van der Waals surface area contributed by atoms with E-state index in [9.17, 15) is 4.79 Å². The van der Waals surface area contributed by atoms with Crippen LogP contribution in [0.2, 0.25) is 5.02 Å². The molecule has 116 valence electrons. The number of aryl methyl sites for hydroxylation is 2. The number of carbonyl (C=O) groups is 1. The van der Waals surface area contributed by atoms with E-state index in [0.717, 1.165) is 16.8 Å². The number of anilines is 1. The molecule has 0 heterocycles. The zero-order valence-electron chi connectivity index (χ0n) is 12.7. The quantitative estimate of drug-likeness (QED) is 0.813. The Labute approximate surface area is 135 Å². The minimum absolute atomic E-state index is 0.250. The second-order valence-electron chi connectivity index (χ2n) is 4.93. The smallest absolute Gasteiger partial charge is 0.319 e. The number of benzene rings is 2. The molecule has 2 N–H and O–H groups in total. The molecule has 2 rings (SSSR count). The fraction of sp³-hybridized carbons (Fsp3) is 0.235. The molecule has 0 aliphatic rings. The largest absolute Gasteiger partial charge is 0.490 e. The monoisotopic (exact) mass is 318 g/mol. The number of halogens is 1. The molecule has 0 saturated carbocycles. The minimum Gasteiger partial charge on any atom is -0.490 e. The molecule has 2 aromatic rings. The van der Waals surface area contributed by atoms with Gasteiger partial charge in [-0.05, 0) is 37.1 Å². The highest BCUT2D eigenvalue weighted by atomic mass is 35.5. The third kappa shape index (κ3) is 4.40. The molecule has 0 aliphatic carbocycles. The standard InChI is InChI=1S/C17H19ClN2O2/c1-12-6-5-7-13(2)16(12)20-17(21)19-10-11-22-15-9-4-3-8-14(15)18/h3-9H,10-11H2,1-2H3,(H2,19,20,21). The van der Waals surface area contributed by atoms with E-state index in [-0.39, 0.29) is 6.03 Å². The first-order valence-corrected chi connectivity index (χ1v) is 7.44. The molecule has 0 aliphatic heterocycles. The maximum absolute atomic E-state index is 11.9. The zero-order chi connectivity index (χ0) is 15.9. The van der Waals surface area contributed by atoms with Crippen LogP contribution in [-0.2, 0) is 0 Å². The average Bonchev–Trinajstić information content (AvgIpc) is 2.49. The van der Waals surface area contributed by atoms with Crippen LogP contribution in [0.5, 0.6) is 5.75 Å². The third-order valence-electron chi connectivity index (χ3n) is 3.20. The van der Waals surface area contributed by atoms with Crippen molar-refractivity contribution in [1.29, 1.82) is 0 Å². The molecule has 22 heavy (non-hydrogen) atoms. The average molecular weight is 319 g/mol. The molecular weight excluding hydrogens is 300 g/mol. The Balaban J connectivity index is 1.78. The number of rotatable bonds is 5. The van der Waals surface area contributed by atoms with Crippen LogP contribution >= 0.6 is 11.6 Å². The Morgan fingerprint density at radius 1 is 1.09 bits per heavy atom. The van der Waals surface area contributed by atoms with Crippen LogP contribution in [0.15, 0.2) is 42.5 Å². The summed E-state index contributed by atoms with van der Waals surface area (Å²) in [6.45, 7) is 4.66. The van der Waals surface area contributed by atoms with Gasteiger partial charge in [0.15, 0.2) is 0 Å². The Hall–Kier alpha value is -2.20. The molecule has 0 radical (unpaired) electrons. The number of hydrogen-bond acceptors (Lipinski definition) is 2. The number of ether oxygens (including phenoxy) is 1. The van der Waals surface area contributed by atoms with Crippen molar-refractivity contribution in [3.63, 3.8) is 0 Å². The fourth-order valence-corrected chi connectivity index (χ4v) is 2.25. The normalized spacial score (nSPS) is 10.1. The van der Waals surface area contributed by atoms with Gasteiger partial charge in [0.2, 0.25) is 0 Å². The molecule has 0 fully saturated rings. The minimum atomic E-state index is -0.250. The second kappa shape index (κ2) is 7.71. The molecule has 0 atom stereocenters. The lowest BCUT2D eigenvalue weighted by molar-refractivity contribution is 0.247. The van der Waals surface area contributed by atoms with Crippen LogP contribution in [0.25, 0.3) is 0 Å². The van der Waals surface area contributed by atoms with E-state index < -0.39 is 0 Å². The molecule has 0 unspecified atom stereocenters. The molecule has 5 heteroatoms. The topological polar surface area (TPSA) is 50.4 Å². The van der Waals surface area contributed by atoms with Crippen molar-refractivity contribution in [2.24, 2.45) is 0 Å². The summed E-state index contributed by atoms with van der Waals surface area (Å²) in [5.74, 6) is 0.612.